The van der Waals surface area contributed by atoms with E-state index < -0.39 is 0 Å². The number of rotatable bonds is 10. The van der Waals surface area contributed by atoms with Crippen molar-refractivity contribution >= 4 is 40.5 Å². The molecule has 1 fully saturated rings. The molecule has 38 heavy (non-hydrogen) atoms. The molecule has 0 saturated carbocycles. The molecular weight excluding hydrogens is 529 g/mol. The van der Waals surface area contributed by atoms with E-state index in [1.54, 1.807) is 12.1 Å². The van der Waals surface area contributed by atoms with Crippen LogP contribution in [0.2, 0.25) is 10.0 Å². The first-order valence-corrected chi connectivity index (χ1v) is 13.5. The Balaban J connectivity index is 1.21. The summed E-state index contributed by atoms with van der Waals surface area (Å²) in [4.78, 5) is 17.1. The highest BCUT2D eigenvalue weighted by atomic mass is 35.5. The molecule has 0 aromatic heterocycles. The van der Waals surface area contributed by atoms with E-state index in [-0.39, 0.29) is 30.0 Å². The van der Waals surface area contributed by atoms with Crippen LogP contribution < -0.4 is 11.1 Å². The first-order chi connectivity index (χ1) is 18.3. The molecule has 1 aliphatic rings. The molecule has 1 aliphatic heterocycles. The standard InChI is InChI=1S/C29H32Cl2F2N4O/c30-26-17-24(34)18-27(31)29(26)35-28(38)19-37-15-13-36(14-16-37)12-2-1-3-25(20-4-8-22(32)9-5-20)21-6-10-23(33)11-7-21/h4-11,17-18,25H,1-3,12-16,19,34H2,(H,35,38). The average molecular weight is 562 g/mol. The summed E-state index contributed by atoms with van der Waals surface area (Å²) in [6, 6.07) is 16.3. The normalized spacial score (nSPS) is 14.7. The fourth-order valence-electron chi connectivity index (χ4n) is 4.87. The van der Waals surface area contributed by atoms with Crippen LogP contribution in [-0.4, -0.2) is 55.0 Å². The smallest absolute Gasteiger partial charge is 0.238 e. The molecule has 3 N–H and O–H groups in total. The van der Waals surface area contributed by atoms with Crippen molar-refractivity contribution in [1.29, 1.82) is 0 Å². The second-order valence-corrected chi connectivity index (χ2v) is 10.5. The highest BCUT2D eigenvalue weighted by Gasteiger charge is 2.20. The molecule has 5 nitrogen and oxygen atoms in total. The van der Waals surface area contributed by atoms with Crippen molar-refractivity contribution in [2.45, 2.75) is 25.2 Å². The van der Waals surface area contributed by atoms with Crippen LogP contribution in [0.15, 0.2) is 60.7 Å². The quantitative estimate of drug-likeness (QED) is 0.222. The number of amides is 1. The maximum atomic E-state index is 13.5. The third-order valence-corrected chi connectivity index (χ3v) is 7.52. The van der Waals surface area contributed by atoms with Gasteiger partial charge in [0, 0.05) is 37.8 Å². The van der Waals surface area contributed by atoms with Gasteiger partial charge in [-0.1, -0.05) is 53.9 Å². The number of unbranched alkanes of at least 4 members (excludes halogenated alkanes) is 1. The van der Waals surface area contributed by atoms with Crippen molar-refractivity contribution in [3.63, 3.8) is 0 Å². The number of halogens is 4. The van der Waals surface area contributed by atoms with Crippen molar-refractivity contribution in [2.24, 2.45) is 0 Å². The van der Waals surface area contributed by atoms with Crippen molar-refractivity contribution in [1.82, 2.24) is 9.80 Å². The molecule has 202 valence electrons. The van der Waals surface area contributed by atoms with Gasteiger partial charge < -0.3 is 16.0 Å². The minimum atomic E-state index is -0.263. The molecule has 0 radical (unpaired) electrons. The summed E-state index contributed by atoms with van der Waals surface area (Å²) in [7, 11) is 0. The van der Waals surface area contributed by atoms with Crippen LogP contribution in [0.25, 0.3) is 0 Å². The van der Waals surface area contributed by atoms with Crippen molar-refractivity contribution in [2.75, 3.05) is 50.3 Å². The molecule has 3 aromatic carbocycles. The molecule has 0 aliphatic carbocycles. The van der Waals surface area contributed by atoms with E-state index in [0.29, 0.717) is 21.4 Å². The lowest BCUT2D eigenvalue weighted by Crippen LogP contribution is -2.48. The molecule has 0 bridgehead atoms. The summed E-state index contributed by atoms with van der Waals surface area (Å²) in [6.45, 7) is 4.60. The highest BCUT2D eigenvalue weighted by molar-refractivity contribution is 6.40. The Hall–Kier alpha value is -2.71. The number of carbonyl (C=O) groups is 1. The van der Waals surface area contributed by atoms with E-state index in [4.69, 9.17) is 28.9 Å². The maximum Gasteiger partial charge on any atom is 0.238 e. The van der Waals surface area contributed by atoms with Gasteiger partial charge in [0.05, 0.1) is 22.3 Å². The van der Waals surface area contributed by atoms with E-state index in [2.05, 4.69) is 15.1 Å². The van der Waals surface area contributed by atoms with Gasteiger partial charge in [-0.2, -0.15) is 0 Å². The lowest BCUT2D eigenvalue weighted by Gasteiger charge is -2.34. The summed E-state index contributed by atoms with van der Waals surface area (Å²) < 4.78 is 26.9. The molecule has 0 spiro atoms. The molecule has 1 heterocycles. The molecule has 4 rings (SSSR count). The van der Waals surface area contributed by atoms with Crippen LogP contribution >= 0.6 is 23.2 Å². The monoisotopic (exact) mass is 560 g/mol. The number of piperazine rings is 1. The van der Waals surface area contributed by atoms with Crippen molar-refractivity contribution in [3.8, 4) is 0 Å². The van der Waals surface area contributed by atoms with E-state index in [9.17, 15) is 13.6 Å². The molecule has 0 atom stereocenters. The van der Waals surface area contributed by atoms with Crippen LogP contribution in [0, 0.1) is 11.6 Å². The number of nitrogens with one attached hydrogen (secondary N) is 1. The predicted octanol–water partition coefficient (Wildman–Crippen LogP) is 6.41. The Kier molecular flexibility index (Phi) is 9.97. The van der Waals surface area contributed by atoms with Gasteiger partial charge in [0.1, 0.15) is 11.6 Å². The van der Waals surface area contributed by atoms with Gasteiger partial charge in [-0.05, 0) is 66.9 Å². The summed E-state index contributed by atoms with van der Waals surface area (Å²) in [6.07, 6.45) is 2.91. The Morgan fingerprint density at radius 3 is 1.87 bits per heavy atom. The van der Waals surface area contributed by atoms with E-state index in [0.717, 1.165) is 63.1 Å². The molecule has 1 amide bonds. The molecular formula is C29H32Cl2F2N4O. The third-order valence-electron chi connectivity index (χ3n) is 6.92. The SMILES string of the molecule is Nc1cc(Cl)c(NC(=O)CN2CCN(CCCCC(c3ccc(F)cc3)c3ccc(F)cc3)CC2)c(Cl)c1. The Morgan fingerprint density at radius 1 is 0.842 bits per heavy atom. The molecule has 3 aromatic rings. The Morgan fingerprint density at radius 2 is 1.34 bits per heavy atom. The minimum absolute atomic E-state index is 0.0922. The summed E-state index contributed by atoms with van der Waals surface area (Å²) >= 11 is 12.3. The van der Waals surface area contributed by atoms with Gasteiger partial charge in [0.2, 0.25) is 5.91 Å². The number of nitrogens with zero attached hydrogens (tertiary/aromatic N) is 2. The second-order valence-electron chi connectivity index (χ2n) is 9.68. The Labute approximate surface area is 232 Å². The fraction of sp³-hybridized carbons (Fsp3) is 0.345. The van der Waals surface area contributed by atoms with Crippen LogP contribution in [0.3, 0.4) is 0 Å². The first kappa shape index (κ1) is 28.3. The Bertz CT molecular complexity index is 1150. The van der Waals surface area contributed by atoms with Crippen LogP contribution in [0.4, 0.5) is 20.2 Å². The van der Waals surface area contributed by atoms with Crippen LogP contribution in [-0.2, 0) is 4.79 Å². The summed E-state index contributed by atoms with van der Waals surface area (Å²) in [5.41, 5.74) is 8.61. The van der Waals surface area contributed by atoms with Crippen LogP contribution in [0.5, 0.6) is 0 Å². The predicted molar refractivity (Wildman–Crippen MR) is 151 cm³/mol. The van der Waals surface area contributed by atoms with Gasteiger partial charge in [0.25, 0.3) is 0 Å². The topological polar surface area (TPSA) is 61.6 Å². The number of anilines is 2. The third kappa shape index (κ3) is 7.90. The average Bonchev–Trinajstić information content (AvgIpc) is 2.89. The minimum Gasteiger partial charge on any atom is -0.399 e. The zero-order chi connectivity index (χ0) is 27.1. The van der Waals surface area contributed by atoms with Crippen molar-refractivity contribution in [3.05, 3.63) is 93.5 Å². The molecule has 9 heteroatoms. The fourth-order valence-corrected chi connectivity index (χ4v) is 5.46. The number of carbonyl (C=O) groups excluding carboxylic acids is 1. The largest absolute Gasteiger partial charge is 0.399 e. The number of nitrogens with two attached hydrogens (primary N) is 1. The zero-order valence-electron chi connectivity index (χ0n) is 21.1. The summed E-state index contributed by atoms with van der Waals surface area (Å²) in [5.74, 6) is -0.601. The zero-order valence-corrected chi connectivity index (χ0v) is 22.6. The second kappa shape index (κ2) is 13.4. The van der Waals surface area contributed by atoms with Gasteiger partial charge in [0.15, 0.2) is 0 Å². The van der Waals surface area contributed by atoms with Gasteiger partial charge >= 0.3 is 0 Å². The lowest BCUT2D eigenvalue weighted by atomic mass is 9.87. The van der Waals surface area contributed by atoms with E-state index in [1.165, 1.54) is 24.3 Å². The maximum absolute atomic E-state index is 13.5. The summed E-state index contributed by atoms with van der Waals surface area (Å²) in [5, 5.41) is 3.42. The number of hydrogen-bond donors (Lipinski definition) is 2. The van der Waals surface area contributed by atoms with Crippen molar-refractivity contribution < 1.29 is 13.6 Å². The number of benzene rings is 3. The number of hydrogen-bond acceptors (Lipinski definition) is 4. The van der Waals surface area contributed by atoms with E-state index in [1.807, 2.05) is 24.3 Å². The van der Waals surface area contributed by atoms with Gasteiger partial charge in [-0.25, -0.2) is 8.78 Å². The molecule has 1 saturated heterocycles. The highest BCUT2D eigenvalue weighted by Crippen LogP contribution is 2.33. The van der Waals surface area contributed by atoms with Gasteiger partial charge in [-0.15, -0.1) is 0 Å². The van der Waals surface area contributed by atoms with E-state index >= 15 is 0 Å². The molecule has 0 unspecified atom stereocenters. The first-order valence-electron chi connectivity index (χ1n) is 12.8. The van der Waals surface area contributed by atoms with Crippen LogP contribution in [0.1, 0.15) is 36.3 Å². The number of nitrogen functional groups attached to an aromatic ring is 1. The van der Waals surface area contributed by atoms with Gasteiger partial charge in [-0.3, -0.25) is 9.69 Å². The lowest BCUT2D eigenvalue weighted by molar-refractivity contribution is -0.117.